The largest absolute Gasteiger partial charge is 0.383 e. The van der Waals surface area contributed by atoms with E-state index in [9.17, 15) is 0 Å². The summed E-state index contributed by atoms with van der Waals surface area (Å²) >= 11 is 1.66. The van der Waals surface area contributed by atoms with Crippen molar-refractivity contribution in [2.75, 3.05) is 26.9 Å². The molecule has 3 rings (SSSR count). The van der Waals surface area contributed by atoms with E-state index >= 15 is 0 Å². The van der Waals surface area contributed by atoms with Crippen LogP contribution in [0.5, 0.6) is 0 Å². The summed E-state index contributed by atoms with van der Waals surface area (Å²) in [6, 6.07) is 8.41. The quantitative estimate of drug-likeness (QED) is 0.857. The molecule has 1 N–H and O–H groups in total. The first-order chi connectivity index (χ1) is 9.87. The van der Waals surface area contributed by atoms with Crippen LogP contribution in [0.15, 0.2) is 35.8 Å². The van der Waals surface area contributed by atoms with Crippen molar-refractivity contribution in [2.24, 2.45) is 0 Å². The van der Waals surface area contributed by atoms with Gasteiger partial charge >= 0.3 is 0 Å². The third-order valence-corrected chi connectivity index (χ3v) is 4.52. The number of hydrogen-bond donors (Lipinski definition) is 1. The monoisotopic (exact) mass is 290 g/mol. The van der Waals surface area contributed by atoms with Crippen LogP contribution in [-0.4, -0.2) is 31.9 Å². The van der Waals surface area contributed by atoms with E-state index in [1.54, 1.807) is 18.4 Å². The summed E-state index contributed by atoms with van der Waals surface area (Å²) < 4.78 is 11.0. The minimum Gasteiger partial charge on any atom is -0.383 e. The van der Waals surface area contributed by atoms with E-state index in [1.165, 1.54) is 11.1 Å². The summed E-state index contributed by atoms with van der Waals surface area (Å²) in [4.78, 5) is 4.52. The van der Waals surface area contributed by atoms with Crippen LogP contribution in [0.25, 0.3) is 0 Å². The maximum atomic E-state index is 5.83. The average Bonchev–Trinajstić information content (AvgIpc) is 3.02. The minimum absolute atomic E-state index is 0.360. The summed E-state index contributed by atoms with van der Waals surface area (Å²) in [5.41, 5.74) is 2.12. The third kappa shape index (κ3) is 2.38. The molecule has 2 heterocycles. The number of methoxy groups -OCH3 is 1. The van der Waals surface area contributed by atoms with Gasteiger partial charge in [0.25, 0.3) is 0 Å². The summed E-state index contributed by atoms with van der Waals surface area (Å²) in [6.07, 6.45) is 1.84. The Balaban J connectivity index is 2.03. The molecule has 0 aliphatic carbocycles. The Morgan fingerprint density at radius 1 is 1.45 bits per heavy atom. The topological polar surface area (TPSA) is 43.4 Å². The zero-order valence-electron chi connectivity index (χ0n) is 11.5. The van der Waals surface area contributed by atoms with Crippen molar-refractivity contribution in [1.82, 2.24) is 10.3 Å². The predicted molar refractivity (Wildman–Crippen MR) is 78.9 cm³/mol. The standard InChI is InChI=1S/C15H18N2O2S/c1-18-8-6-17-15(14-16-7-9-20-14)11-19-10-12-4-2-3-5-13(12)15/h2-5,7,9,17H,6,8,10-11H2,1H3. The fourth-order valence-corrected chi connectivity index (χ4v) is 3.47. The van der Waals surface area contributed by atoms with E-state index in [4.69, 9.17) is 9.47 Å². The lowest BCUT2D eigenvalue weighted by atomic mass is 9.85. The fourth-order valence-electron chi connectivity index (χ4n) is 2.65. The van der Waals surface area contributed by atoms with Crippen LogP contribution in [0.2, 0.25) is 0 Å². The molecule has 1 aromatic carbocycles. The molecule has 20 heavy (non-hydrogen) atoms. The second kappa shape index (κ2) is 6.01. The Morgan fingerprint density at radius 2 is 2.35 bits per heavy atom. The Labute approximate surface area is 122 Å². The molecule has 0 amide bonds. The van der Waals surface area contributed by atoms with Gasteiger partial charge in [0, 0.05) is 25.2 Å². The molecule has 0 spiro atoms. The molecule has 4 nitrogen and oxygen atoms in total. The van der Waals surface area contributed by atoms with E-state index in [0.717, 1.165) is 11.6 Å². The lowest BCUT2D eigenvalue weighted by Gasteiger charge is -2.38. The maximum absolute atomic E-state index is 5.83. The molecule has 0 saturated carbocycles. The smallest absolute Gasteiger partial charge is 0.120 e. The van der Waals surface area contributed by atoms with Gasteiger partial charge in [0.05, 0.1) is 19.8 Å². The first-order valence-electron chi connectivity index (χ1n) is 6.67. The van der Waals surface area contributed by atoms with Gasteiger partial charge in [-0.05, 0) is 11.1 Å². The van der Waals surface area contributed by atoms with Crippen LogP contribution < -0.4 is 5.32 Å². The summed E-state index contributed by atoms with van der Waals surface area (Å²) in [5, 5.41) is 6.64. The second-order valence-electron chi connectivity index (χ2n) is 4.81. The lowest BCUT2D eigenvalue weighted by Crippen LogP contribution is -2.50. The van der Waals surface area contributed by atoms with Gasteiger partial charge in [-0.1, -0.05) is 24.3 Å². The molecular weight excluding hydrogens is 272 g/mol. The molecule has 0 radical (unpaired) electrons. The molecule has 5 heteroatoms. The van der Waals surface area contributed by atoms with Crippen LogP contribution in [0, 0.1) is 0 Å². The van der Waals surface area contributed by atoms with Crippen LogP contribution >= 0.6 is 11.3 Å². The SMILES string of the molecule is COCCNC1(c2nccs2)COCc2ccccc21. The highest BCUT2D eigenvalue weighted by atomic mass is 32.1. The number of hydrogen-bond acceptors (Lipinski definition) is 5. The Kier molecular flexibility index (Phi) is 4.12. The number of nitrogens with one attached hydrogen (secondary N) is 1. The van der Waals surface area contributed by atoms with Crippen molar-refractivity contribution in [3.63, 3.8) is 0 Å². The first-order valence-corrected chi connectivity index (χ1v) is 7.55. The molecule has 106 valence electrons. The Bertz CT molecular complexity index is 559. The van der Waals surface area contributed by atoms with E-state index in [2.05, 4.69) is 34.6 Å². The molecule has 1 atom stereocenters. The van der Waals surface area contributed by atoms with Gasteiger partial charge < -0.3 is 9.47 Å². The number of fused-ring (bicyclic) bond motifs is 1. The Morgan fingerprint density at radius 3 is 3.15 bits per heavy atom. The second-order valence-corrected chi connectivity index (χ2v) is 5.71. The van der Waals surface area contributed by atoms with Crippen molar-refractivity contribution in [3.05, 3.63) is 52.0 Å². The number of rotatable bonds is 5. The van der Waals surface area contributed by atoms with E-state index in [1.807, 2.05) is 11.6 Å². The van der Waals surface area contributed by atoms with Crippen molar-refractivity contribution >= 4 is 11.3 Å². The first kappa shape index (κ1) is 13.7. The van der Waals surface area contributed by atoms with Crippen molar-refractivity contribution in [1.29, 1.82) is 0 Å². The van der Waals surface area contributed by atoms with Gasteiger partial charge in [0.1, 0.15) is 10.5 Å². The third-order valence-electron chi connectivity index (χ3n) is 3.58. The maximum Gasteiger partial charge on any atom is 0.120 e. The predicted octanol–water partition coefficient (Wildman–Crippen LogP) is 2.15. The molecule has 0 saturated heterocycles. The fraction of sp³-hybridized carbons (Fsp3) is 0.400. The number of benzene rings is 1. The molecule has 2 aromatic rings. The summed E-state index contributed by atoms with van der Waals surface area (Å²) in [6.45, 7) is 2.68. The lowest BCUT2D eigenvalue weighted by molar-refractivity contribution is 0.0491. The van der Waals surface area contributed by atoms with Gasteiger partial charge in [0.15, 0.2) is 0 Å². The molecular formula is C15H18N2O2S. The van der Waals surface area contributed by atoms with E-state index < -0.39 is 0 Å². The number of aromatic nitrogens is 1. The van der Waals surface area contributed by atoms with Crippen LogP contribution in [0.4, 0.5) is 0 Å². The molecule has 1 aromatic heterocycles. The highest BCUT2D eigenvalue weighted by Gasteiger charge is 2.40. The van der Waals surface area contributed by atoms with Crippen molar-refractivity contribution in [2.45, 2.75) is 12.1 Å². The summed E-state index contributed by atoms with van der Waals surface area (Å²) in [7, 11) is 1.71. The van der Waals surface area contributed by atoms with Crippen molar-refractivity contribution in [3.8, 4) is 0 Å². The normalized spacial score (nSPS) is 21.6. The van der Waals surface area contributed by atoms with Gasteiger partial charge in [-0.25, -0.2) is 4.98 Å². The highest BCUT2D eigenvalue weighted by Crippen LogP contribution is 2.37. The molecule has 0 bridgehead atoms. The zero-order valence-corrected chi connectivity index (χ0v) is 12.3. The average molecular weight is 290 g/mol. The number of thiazole rings is 1. The van der Waals surface area contributed by atoms with E-state index in [0.29, 0.717) is 19.8 Å². The summed E-state index contributed by atoms with van der Waals surface area (Å²) in [5.74, 6) is 0. The van der Waals surface area contributed by atoms with Crippen LogP contribution in [-0.2, 0) is 21.6 Å². The number of nitrogens with zero attached hydrogens (tertiary/aromatic N) is 1. The van der Waals surface area contributed by atoms with Crippen LogP contribution in [0.1, 0.15) is 16.1 Å². The van der Waals surface area contributed by atoms with Crippen LogP contribution in [0.3, 0.4) is 0 Å². The molecule has 0 fully saturated rings. The zero-order chi connectivity index (χ0) is 13.8. The molecule has 1 unspecified atom stereocenters. The molecule has 1 aliphatic heterocycles. The Hall–Kier alpha value is -1.27. The van der Waals surface area contributed by atoms with E-state index in [-0.39, 0.29) is 5.54 Å². The minimum atomic E-state index is -0.360. The van der Waals surface area contributed by atoms with Gasteiger partial charge in [-0.2, -0.15) is 0 Å². The van der Waals surface area contributed by atoms with Crippen molar-refractivity contribution < 1.29 is 9.47 Å². The van der Waals surface area contributed by atoms with Gasteiger partial charge in [-0.3, -0.25) is 5.32 Å². The highest BCUT2D eigenvalue weighted by molar-refractivity contribution is 7.09. The molecule has 1 aliphatic rings. The number of ether oxygens (including phenoxy) is 2. The van der Waals surface area contributed by atoms with Gasteiger partial charge in [-0.15, -0.1) is 11.3 Å². The van der Waals surface area contributed by atoms with Gasteiger partial charge in [0.2, 0.25) is 0 Å².